The Balaban J connectivity index is 2.00. The first-order valence-corrected chi connectivity index (χ1v) is 7.87. The molecule has 0 saturated carbocycles. The van der Waals surface area contributed by atoms with Crippen LogP contribution in [0.1, 0.15) is 30.2 Å². The van der Waals surface area contributed by atoms with E-state index in [4.69, 9.17) is 0 Å². The van der Waals surface area contributed by atoms with Crippen LogP contribution in [0.25, 0.3) is 10.1 Å². The van der Waals surface area contributed by atoms with Gasteiger partial charge in [0.25, 0.3) is 0 Å². The molecule has 1 aliphatic heterocycles. The SMILES string of the molecule is CCCCN1CCc2sc3ccccc3c(=O)c2C1. The van der Waals surface area contributed by atoms with Gasteiger partial charge >= 0.3 is 0 Å². The maximum absolute atomic E-state index is 12.6. The van der Waals surface area contributed by atoms with Crippen molar-refractivity contribution in [3.63, 3.8) is 0 Å². The molecule has 2 aromatic rings. The van der Waals surface area contributed by atoms with E-state index in [0.29, 0.717) is 0 Å². The molecular formula is C16H19NOS. The van der Waals surface area contributed by atoms with Gasteiger partial charge in [-0.2, -0.15) is 0 Å². The fourth-order valence-corrected chi connectivity index (χ4v) is 3.88. The molecule has 0 radical (unpaired) electrons. The highest BCUT2D eigenvalue weighted by Gasteiger charge is 2.20. The number of hydrogen-bond donors (Lipinski definition) is 0. The van der Waals surface area contributed by atoms with Crippen LogP contribution in [-0.2, 0) is 13.0 Å². The van der Waals surface area contributed by atoms with Crippen molar-refractivity contribution in [3.05, 3.63) is 44.9 Å². The molecule has 2 nitrogen and oxygen atoms in total. The maximum Gasteiger partial charge on any atom is 0.192 e. The third-order valence-corrected chi connectivity index (χ3v) is 5.11. The fraction of sp³-hybridized carbons (Fsp3) is 0.438. The van der Waals surface area contributed by atoms with Crippen molar-refractivity contribution in [1.29, 1.82) is 0 Å². The first kappa shape index (κ1) is 12.8. The highest BCUT2D eigenvalue weighted by Crippen LogP contribution is 2.26. The van der Waals surface area contributed by atoms with E-state index in [2.05, 4.69) is 17.9 Å². The van der Waals surface area contributed by atoms with Crippen LogP contribution in [0, 0.1) is 0 Å². The minimum atomic E-state index is 0.255. The van der Waals surface area contributed by atoms with Gasteiger partial charge < -0.3 is 0 Å². The molecule has 2 heterocycles. The summed E-state index contributed by atoms with van der Waals surface area (Å²) in [4.78, 5) is 16.3. The zero-order valence-corrected chi connectivity index (χ0v) is 12.1. The van der Waals surface area contributed by atoms with Crippen molar-refractivity contribution in [1.82, 2.24) is 4.90 Å². The predicted molar refractivity (Wildman–Crippen MR) is 82.0 cm³/mol. The lowest BCUT2D eigenvalue weighted by molar-refractivity contribution is 0.251. The molecule has 0 aliphatic carbocycles. The molecule has 1 aromatic carbocycles. The summed E-state index contributed by atoms with van der Waals surface area (Å²) in [6, 6.07) is 7.99. The number of nitrogens with zero attached hydrogens (tertiary/aromatic N) is 1. The van der Waals surface area contributed by atoms with Crippen molar-refractivity contribution < 1.29 is 0 Å². The van der Waals surface area contributed by atoms with Crippen molar-refractivity contribution in [2.45, 2.75) is 32.7 Å². The Hall–Kier alpha value is -1.19. The number of fused-ring (bicyclic) bond motifs is 2. The highest BCUT2D eigenvalue weighted by molar-refractivity contribution is 7.18. The van der Waals surface area contributed by atoms with Gasteiger partial charge in [0.1, 0.15) is 0 Å². The summed E-state index contributed by atoms with van der Waals surface area (Å²) >= 11 is 1.80. The van der Waals surface area contributed by atoms with Crippen LogP contribution in [0.3, 0.4) is 0 Å². The van der Waals surface area contributed by atoms with E-state index in [9.17, 15) is 4.79 Å². The van der Waals surface area contributed by atoms with Gasteiger partial charge in [0.05, 0.1) is 0 Å². The average Bonchev–Trinajstić information content (AvgIpc) is 2.46. The maximum atomic E-state index is 12.6. The summed E-state index contributed by atoms with van der Waals surface area (Å²) in [5.74, 6) is 0. The fourth-order valence-electron chi connectivity index (χ4n) is 2.72. The monoisotopic (exact) mass is 273 g/mol. The molecule has 19 heavy (non-hydrogen) atoms. The molecule has 0 fully saturated rings. The van der Waals surface area contributed by atoms with E-state index in [-0.39, 0.29) is 5.43 Å². The lowest BCUT2D eigenvalue weighted by Crippen LogP contribution is -2.34. The normalized spacial score (nSPS) is 15.6. The molecule has 1 aliphatic rings. The van der Waals surface area contributed by atoms with E-state index in [1.165, 1.54) is 17.7 Å². The zero-order valence-electron chi connectivity index (χ0n) is 11.3. The molecule has 0 amide bonds. The molecule has 3 heteroatoms. The van der Waals surface area contributed by atoms with Gasteiger partial charge in [-0.15, -0.1) is 11.3 Å². The molecule has 0 bridgehead atoms. The zero-order chi connectivity index (χ0) is 13.2. The second-order valence-electron chi connectivity index (χ2n) is 5.21. The van der Waals surface area contributed by atoms with Gasteiger partial charge in [0.2, 0.25) is 0 Å². The van der Waals surface area contributed by atoms with Crippen LogP contribution >= 0.6 is 11.3 Å². The Labute approximate surface area is 117 Å². The summed E-state index contributed by atoms with van der Waals surface area (Å²) in [7, 11) is 0. The second-order valence-corrected chi connectivity index (χ2v) is 6.35. The third kappa shape index (κ3) is 2.45. The van der Waals surface area contributed by atoms with Crippen molar-refractivity contribution in [2.75, 3.05) is 13.1 Å². The number of hydrogen-bond acceptors (Lipinski definition) is 3. The van der Waals surface area contributed by atoms with Gasteiger partial charge in [-0.3, -0.25) is 9.69 Å². The van der Waals surface area contributed by atoms with Crippen LogP contribution in [0.2, 0.25) is 0 Å². The number of rotatable bonds is 3. The minimum absolute atomic E-state index is 0.255. The topological polar surface area (TPSA) is 20.3 Å². The van der Waals surface area contributed by atoms with Gasteiger partial charge in [0.15, 0.2) is 5.43 Å². The molecular weight excluding hydrogens is 254 g/mol. The van der Waals surface area contributed by atoms with Gasteiger partial charge in [-0.05, 0) is 31.5 Å². The smallest absolute Gasteiger partial charge is 0.192 e. The largest absolute Gasteiger partial charge is 0.299 e. The van der Waals surface area contributed by atoms with E-state index in [1.54, 1.807) is 11.3 Å². The molecule has 0 saturated heterocycles. The molecule has 1 aromatic heterocycles. The highest BCUT2D eigenvalue weighted by atomic mass is 32.1. The van der Waals surface area contributed by atoms with Crippen LogP contribution in [0.15, 0.2) is 29.1 Å². The van der Waals surface area contributed by atoms with Crippen LogP contribution in [-0.4, -0.2) is 18.0 Å². The molecule has 3 rings (SSSR count). The number of benzene rings is 1. The van der Waals surface area contributed by atoms with Gasteiger partial charge in [-0.1, -0.05) is 25.5 Å². The Kier molecular flexibility index (Phi) is 3.67. The van der Waals surface area contributed by atoms with E-state index in [1.807, 2.05) is 18.2 Å². The van der Waals surface area contributed by atoms with E-state index < -0.39 is 0 Å². The Morgan fingerprint density at radius 2 is 2.16 bits per heavy atom. The quantitative estimate of drug-likeness (QED) is 0.854. The van der Waals surface area contributed by atoms with E-state index in [0.717, 1.165) is 41.7 Å². The van der Waals surface area contributed by atoms with Crippen molar-refractivity contribution in [3.8, 4) is 0 Å². The Morgan fingerprint density at radius 3 is 3.00 bits per heavy atom. The molecule has 100 valence electrons. The lowest BCUT2D eigenvalue weighted by Gasteiger charge is -2.27. The van der Waals surface area contributed by atoms with Crippen molar-refractivity contribution in [2.24, 2.45) is 0 Å². The van der Waals surface area contributed by atoms with Crippen molar-refractivity contribution >= 4 is 21.4 Å². The molecule has 0 atom stereocenters. The number of unbranched alkanes of at least 4 members (excludes halogenated alkanes) is 1. The molecule has 0 unspecified atom stereocenters. The Bertz CT molecular complexity index is 647. The second kappa shape index (κ2) is 5.43. The average molecular weight is 273 g/mol. The minimum Gasteiger partial charge on any atom is -0.299 e. The van der Waals surface area contributed by atoms with Crippen LogP contribution in [0.4, 0.5) is 0 Å². The Morgan fingerprint density at radius 1 is 1.32 bits per heavy atom. The third-order valence-electron chi connectivity index (χ3n) is 3.84. The first-order valence-electron chi connectivity index (χ1n) is 7.05. The van der Waals surface area contributed by atoms with Gasteiger partial charge in [-0.25, -0.2) is 0 Å². The van der Waals surface area contributed by atoms with Crippen LogP contribution in [0.5, 0.6) is 0 Å². The molecule has 0 N–H and O–H groups in total. The molecule has 0 spiro atoms. The summed E-state index contributed by atoms with van der Waals surface area (Å²) in [5.41, 5.74) is 1.30. The van der Waals surface area contributed by atoms with E-state index >= 15 is 0 Å². The summed E-state index contributed by atoms with van der Waals surface area (Å²) in [6.45, 7) is 5.27. The predicted octanol–water partition coefficient (Wildman–Crippen LogP) is 3.42. The summed E-state index contributed by atoms with van der Waals surface area (Å²) in [6.07, 6.45) is 3.47. The summed E-state index contributed by atoms with van der Waals surface area (Å²) < 4.78 is 1.13. The lowest BCUT2D eigenvalue weighted by atomic mass is 10.1. The summed E-state index contributed by atoms with van der Waals surface area (Å²) in [5, 5.41) is 0.892. The van der Waals surface area contributed by atoms with Gasteiger partial charge in [0, 0.05) is 33.6 Å². The van der Waals surface area contributed by atoms with Crippen LogP contribution < -0.4 is 5.43 Å². The first-order chi connectivity index (χ1) is 9.29. The standard InChI is InChI=1S/C16H19NOS/c1-2-3-9-17-10-8-15-13(11-17)16(18)12-6-4-5-7-14(12)19-15/h4-7H,2-3,8-11H2,1H3.